The summed E-state index contributed by atoms with van der Waals surface area (Å²) < 4.78 is 6.00. The maximum absolute atomic E-state index is 13.6. The van der Waals surface area contributed by atoms with E-state index >= 15 is 0 Å². The number of likely N-dealkylation sites (tertiary alicyclic amines) is 1. The van der Waals surface area contributed by atoms with Gasteiger partial charge in [-0.3, -0.25) is 4.79 Å². The largest absolute Gasteiger partial charge is 0.465 e. The van der Waals surface area contributed by atoms with E-state index < -0.39 is 6.09 Å². The maximum Gasteiger partial charge on any atom is 0.407 e. The minimum Gasteiger partial charge on any atom is -0.465 e. The second-order valence-electron chi connectivity index (χ2n) is 7.84. The van der Waals surface area contributed by atoms with Gasteiger partial charge in [-0.2, -0.15) is 0 Å². The average Bonchev–Trinajstić information content (AvgIpc) is 3.18. The number of hydrogen-bond acceptors (Lipinski definition) is 3. The number of carbonyl (C=O) groups excluding carboxylic acids is 1. The summed E-state index contributed by atoms with van der Waals surface area (Å²) in [6, 6.07) is 16.6. The van der Waals surface area contributed by atoms with Crippen LogP contribution in [0.25, 0.3) is 0 Å². The van der Waals surface area contributed by atoms with Gasteiger partial charge in [-0.1, -0.05) is 36.8 Å². The highest BCUT2D eigenvalue weighted by Gasteiger charge is 2.36. The van der Waals surface area contributed by atoms with Crippen LogP contribution in [0.2, 0.25) is 0 Å². The number of rotatable bonds is 6. The van der Waals surface area contributed by atoms with Gasteiger partial charge >= 0.3 is 6.09 Å². The van der Waals surface area contributed by atoms with E-state index in [0.717, 1.165) is 12.8 Å². The van der Waals surface area contributed by atoms with Crippen molar-refractivity contribution in [3.63, 3.8) is 0 Å². The fraction of sp³-hybridized carbons (Fsp3) is 0.391. The Morgan fingerprint density at radius 1 is 1.03 bits per heavy atom. The van der Waals surface area contributed by atoms with Crippen LogP contribution in [0.15, 0.2) is 54.6 Å². The summed E-state index contributed by atoms with van der Waals surface area (Å²) in [6.45, 7) is 1.52. The number of ether oxygens (including phenoxy) is 1. The molecular formula is C23H26N2O4. The summed E-state index contributed by atoms with van der Waals surface area (Å²) in [5.41, 5.74) is 0.518. The van der Waals surface area contributed by atoms with E-state index in [9.17, 15) is 14.7 Å². The molecule has 0 unspecified atom stereocenters. The van der Waals surface area contributed by atoms with Crippen molar-refractivity contribution in [2.24, 2.45) is 5.92 Å². The second kappa shape index (κ2) is 8.55. The number of nitrogens with zero attached hydrogens (tertiary/aromatic N) is 2. The van der Waals surface area contributed by atoms with Crippen molar-refractivity contribution in [1.82, 2.24) is 9.80 Å². The van der Waals surface area contributed by atoms with E-state index in [2.05, 4.69) is 0 Å². The molecule has 1 heterocycles. The first-order chi connectivity index (χ1) is 14.1. The number of carbonyl (C=O) groups is 2. The topological polar surface area (TPSA) is 70.1 Å². The fourth-order valence-electron chi connectivity index (χ4n) is 4.02. The summed E-state index contributed by atoms with van der Waals surface area (Å²) in [6.07, 6.45) is 3.21. The Bertz CT molecular complexity index is 866. The number of para-hydroxylation sites is 2. The van der Waals surface area contributed by atoms with Crippen LogP contribution in [-0.4, -0.2) is 52.6 Å². The van der Waals surface area contributed by atoms with Gasteiger partial charge in [0.25, 0.3) is 5.91 Å². The Labute approximate surface area is 170 Å². The number of hydrogen-bond donors (Lipinski definition) is 1. The van der Waals surface area contributed by atoms with Crippen LogP contribution >= 0.6 is 0 Å². The number of benzene rings is 2. The van der Waals surface area contributed by atoms with Gasteiger partial charge in [-0.05, 0) is 49.4 Å². The van der Waals surface area contributed by atoms with Gasteiger partial charge in [0.1, 0.15) is 11.5 Å². The lowest BCUT2D eigenvalue weighted by Gasteiger charge is -2.36. The van der Waals surface area contributed by atoms with Crippen molar-refractivity contribution >= 4 is 12.0 Å². The van der Waals surface area contributed by atoms with E-state index in [1.54, 1.807) is 12.1 Å². The molecule has 4 rings (SSSR count). The minimum absolute atomic E-state index is 0.0827. The zero-order valence-electron chi connectivity index (χ0n) is 16.4. The molecule has 152 valence electrons. The summed E-state index contributed by atoms with van der Waals surface area (Å²) >= 11 is 0. The predicted molar refractivity (Wildman–Crippen MR) is 109 cm³/mol. The quantitative estimate of drug-likeness (QED) is 0.785. The van der Waals surface area contributed by atoms with Crippen molar-refractivity contribution in [3.05, 3.63) is 60.2 Å². The monoisotopic (exact) mass is 394 g/mol. The third-order valence-electron chi connectivity index (χ3n) is 5.90. The van der Waals surface area contributed by atoms with Gasteiger partial charge in [0.2, 0.25) is 0 Å². The average molecular weight is 394 g/mol. The molecule has 0 bridgehead atoms. The van der Waals surface area contributed by atoms with E-state index in [4.69, 9.17) is 4.74 Å². The molecule has 29 heavy (non-hydrogen) atoms. The lowest BCUT2D eigenvalue weighted by Crippen LogP contribution is -2.46. The van der Waals surface area contributed by atoms with Crippen LogP contribution in [0, 0.1) is 5.92 Å². The Morgan fingerprint density at radius 2 is 1.76 bits per heavy atom. The van der Waals surface area contributed by atoms with Gasteiger partial charge in [0.05, 0.1) is 11.6 Å². The van der Waals surface area contributed by atoms with Crippen LogP contribution in [0.5, 0.6) is 11.5 Å². The fourth-order valence-corrected chi connectivity index (χ4v) is 4.02. The maximum atomic E-state index is 13.6. The van der Waals surface area contributed by atoms with Gasteiger partial charge in [-0.25, -0.2) is 4.79 Å². The molecule has 1 aliphatic carbocycles. The normalized spacial score (nSPS) is 18.9. The van der Waals surface area contributed by atoms with Gasteiger partial charge in [-0.15, -0.1) is 0 Å². The van der Waals surface area contributed by atoms with Crippen molar-refractivity contribution in [1.29, 1.82) is 0 Å². The molecule has 1 saturated carbocycles. The molecule has 1 N–H and O–H groups in total. The molecule has 2 aromatic carbocycles. The molecule has 6 heteroatoms. The zero-order chi connectivity index (χ0) is 20.2. The minimum atomic E-state index is -0.920. The Morgan fingerprint density at radius 3 is 2.41 bits per heavy atom. The summed E-state index contributed by atoms with van der Waals surface area (Å²) in [4.78, 5) is 28.2. The first kappa shape index (κ1) is 19.3. The first-order valence-corrected chi connectivity index (χ1v) is 10.2. The number of carboxylic acid groups (broad SMARTS) is 1. The second-order valence-corrected chi connectivity index (χ2v) is 7.84. The van der Waals surface area contributed by atoms with E-state index in [1.807, 2.05) is 47.4 Å². The SMILES string of the molecule is O=C(O)N1CC[C@H](N(CC2CCC2)C(=O)c2ccccc2Oc2ccccc2)C1. The Kier molecular flexibility index (Phi) is 5.69. The predicted octanol–water partition coefficient (Wildman–Crippen LogP) is 4.47. The smallest absolute Gasteiger partial charge is 0.407 e. The molecule has 1 atom stereocenters. The molecule has 0 aromatic heterocycles. The molecule has 2 amide bonds. The van der Waals surface area contributed by atoms with Crippen molar-refractivity contribution in [2.75, 3.05) is 19.6 Å². The first-order valence-electron chi connectivity index (χ1n) is 10.2. The van der Waals surface area contributed by atoms with E-state index in [0.29, 0.717) is 49.0 Å². The molecule has 6 nitrogen and oxygen atoms in total. The van der Waals surface area contributed by atoms with Crippen LogP contribution < -0.4 is 4.74 Å². The van der Waals surface area contributed by atoms with Gasteiger partial charge in [0, 0.05) is 19.6 Å². The van der Waals surface area contributed by atoms with Gasteiger partial charge in [0.15, 0.2) is 0 Å². The molecular weight excluding hydrogens is 368 g/mol. The highest BCUT2D eigenvalue weighted by Crippen LogP contribution is 2.32. The lowest BCUT2D eigenvalue weighted by molar-refractivity contribution is 0.0598. The molecule has 0 radical (unpaired) electrons. The summed E-state index contributed by atoms with van der Waals surface area (Å²) in [5.74, 6) is 1.62. The molecule has 2 aromatic rings. The molecule has 1 saturated heterocycles. The molecule has 2 fully saturated rings. The standard InChI is InChI=1S/C23H26N2O4/c26-22(20-11-4-5-12-21(20)29-19-9-2-1-3-10-19)25(15-17-7-6-8-17)18-13-14-24(16-18)23(27)28/h1-5,9-12,17-18H,6-8,13-16H2,(H,27,28)/t18-/m0/s1. The Hall–Kier alpha value is -3.02. The van der Waals surface area contributed by atoms with E-state index in [1.165, 1.54) is 11.3 Å². The van der Waals surface area contributed by atoms with Crippen LogP contribution in [0.4, 0.5) is 4.79 Å². The summed E-state index contributed by atoms with van der Waals surface area (Å²) in [7, 11) is 0. The van der Waals surface area contributed by atoms with Crippen molar-refractivity contribution < 1.29 is 19.4 Å². The third kappa shape index (κ3) is 4.36. The molecule has 2 aliphatic rings. The Balaban J connectivity index is 1.58. The van der Waals surface area contributed by atoms with Gasteiger partial charge < -0.3 is 19.6 Å². The van der Waals surface area contributed by atoms with Crippen LogP contribution in [0.1, 0.15) is 36.0 Å². The third-order valence-corrected chi connectivity index (χ3v) is 5.90. The highest BCUT2D eigenvalue weighted by molar-refractivity contribution is 5.97. The summed E-state index contributed by atoms with van der Waals surface area (Å²) in [5, 5.41) is 9.32. The van der Waals surface area contributed by atoms with Crippen molar-refractivity contribution in [3.8, 4) is 11.5 Å². The van der Waals surface area contributed by atoms with E-state index in [-0.39, 0.29) is 11.9 Å². The number of amides is 2. The zero-order valence-corrected chi connectivity index (χ0v) is 16.4. The highest BCUT2D eigenvalue weighted by atomic mass is 16.5. The van der Waals surface area contributed by atoms with Crippen LogP contribution in [-0.2, 0) is 0 Å². The molecule has 1 aliphatic heterocycles. The van der Waals surface area contributed by atoms with Crippen LogP contribution in [0.3, 0.4) is 0 Å². The van der Waals surface area contributed by atoms with Crippen molar-refractivity contribution in [2.45, 2.75) is 31.7 Å². The molecule has 0 spiro atoms. The lowest BCUT2D eigenvalue weighted by atomic mass is 9.84.